The molecule has 4 aromatic rings. The van der Waals surface area contributed by atoms with Crippen LogP contribution in [0.5, 0.6) is 0 Å². The van der Waals surface area contributed by atoms with E-state index in [1.807, 2.05) is 0 Å². The molecule has 0 fully saturated rings. The first kappa shape index (κ1) is 20.7. The molecular weight excluding hydrogens is 434 g/mol. The third-order valence-electron chi connectivity index (χ3n) is 4.52. The van der Waals surface area contributed by atoms with Crippen molar-refractivity contribution >= 4 is 44.8 Å². The third kappa shape index (κ3) is 4.05. The second kappa shape index (κ2) is 8.66. The minimum atomic E-state index is -0.538. The van der Waals surface area contributed by atoms with Crippen LogP contribution in [0.2, 0.25) is 0 Å². The van der Waals surface area contributed by atoms with Gasteiger partial charge in [0, 0.05) is 23.7 Å². The summed E-state index contributed by atoms with van der Waals surface area (Å²) in [6, 6.07) is 14.6. The van der Waals surface area contributed by atoms with Crippen molar-refractivity contribution in [2.24, 2.45) is 0 Å². The largest absolute Gasteiger partial charge is 0.289 e. The first-order chi connectivity index (χ1) is 15.0. The molecular formula is C22H15N3O4S2. The molecule has 7 nitrogen and oxygen atoms in total. The van der Waals surface area contributed by atoms with Gasteiger partial charge in [-0.3, -0.25) is 24.3 Å². The Hall–Kier alpha value is -3.56. The predicted octanol–water partition coefficient (Wildman–Crippen LogP) is 4.93. The molecule has 0 unspecified atom stereocenters. The normalized spacial score (nSPS) is 10.8. The molecule has 0 aliphatic heterocycles. The standard InChI is InChI=1S/C22H15N3O4S2/c1-2-11-24-21(27)16-10-12-30-20(16)23-22(24)31-18-9-8-15(13-17(18)25(28)29)19(26)14-6-4-3-5-7-14/h2-10,12-13H,1,11H2. The summed E-state index contributed by atoms with van der Waals surface area (Å²) < 4.78 is 1.43. The van der Waals surface area contributed by atoms with Crippen molar-refractivity contribution in [3.05, 3.63) is 104 Å². The van der Waals surface area contributed by atoms with Crippen LogP contribution in [0.1, 0.15) is 15.9 Å². The number of allylic oxidation sites excluding steroid dienone is 1. The first-order valence-electron chi connectivity index (χ1n) is 9.14. The number of rotatable bonds is 7. The van der Waals surface area contributed by atoms with E-state index in [2.05, 4.69) is 11.6 Å². The van der Waals surface area contributed by atoms with E-state index < -0.39 is 4.92 Å². The van der Waals surface area contributed by atoms with Crippen LogP contribution >= 0.6 is 23.1 Å². The van der Waals surface area contributed by atoms with Gasteiger partial charge in [-0.05, 0) is 35.3 Å². The van der Waals surface area contributed by atoms with Crippen LogP contribution in [-0.4, -0.2) is 20.3 Å². The van der Waals surface area contributed by atoms with E-state index in [1.165, 1.54) is 28.0 Å². The Kier molecular flexibility index (Phi) is 5.79. The van der Waals surface area contributed by atoms with Gasteiger partial charge in [0.1, 0.15) is 4.83 Å². The number of benzene rings is 2. The molecule has 0 radical (unpaired) electrons. The number of thiophene rings is 1. The van der Waals surface area contributed by atoms with Crippen LogP contribution in [0.4, 0.5) is 5.69 Å². The van der Waals surface area contributed by atoms with Crippen LogP contribution < -0.4 is 5.56 Å². The summed E-state index contributed by atoms with van der Waals surface area (Å²) in [7, 11) is 0. The molecule has 0 saturated heterocycles. The minimum Gasteiger partial charge on any atom is -0.289 e. The van der Waals surface area contributed by atoms with Gasteiger partial charge in [0.25, 0.3) is 11.2 Å². The van der Waals surface area contributed by atoms with Crippen molar-refractivity contribution in [1.29, 1.82) is 0 Å². The van der Waals surface area contributed by atoms with E-state index in [4.69, 9.17) is 0 Å². The van der Waals surface area contributed by atoms with Crippen LogP contribution in [0, 0.1) is 10.1 Å². The average molecular weight is 450 g/mol. The summed E-state index contributed by atoms with van der Waals surface area (Å²) in [4.78, 5) is 42.1. The van der Waals surface area contributed by atoms with Crippen LogP contribution in [0.25, 0.3) is 10.2 Å². The van der Waals surface area contributed by atoms with Gasteiger partial charge < -0.3 is 0 Å². The highest BCUT2D eigenvalue weighted by molar-refractivity contribution is 7.99. The topological polar surface area (TPSA) is 95.1 Å². The van der Waals surface area contributed by atoms with Gasteiger partial charge in [0.05, 0.1) is 15.2 Å². The molecule has 0 aliphatic rings. The summed E-state index contributed by atoms with van der Waals surface area (Å²) in [5, 5.41) is 14.3. The number of carbonyl (C=O) groups excluding carboxylic acids is 1. The lowest BCUT2D eigenvalue weighted by molar-refractivity contribution is -0.387. The van der Waals surface area contributed by atoms with E-state index in [0.717, 1.165) is 11.8 Å². The number of ketones is 1. The zero-order valence-electron chi connectivity index (χ0n) is 16.1. The number of carbonyl (C=O) groups is 1. The SMILES string of the molecule is C=CCn1c(Sc2ccc(C(=O)c3ccccc3)cc2[N+](=O)[O-])nc2sccc2c1=O. The summed E-state index contributed by atoms with van der Waals surface area (Å²) >= 11 is 2.34. The molecule has 0 saturated carbocycles. The minimum absolute atomic E-state index is 0.215. The molecule has 2 aromatic heterocycles. The monoisotopic (exact) mass is 449 g/mol. The molecule has 0 bridgehead atoms. The first-order valence-corrected chi connectivity index (χ1v) is 10.8. The smallest absolute Gasteiger partial charge is 0.284 e. The Morgan fingerprint density at radius 1 is 1.19 bits per heavy atom. The number of nitro groups is 1. The average Bonchev–Trinajstić information content (AvgIpc) is 3.25. The lowest BCUT2D eigenvalue weighted by atomic mass is 10.0. The van der Waals surface area contributed by atoms with Gasteiger partial charge in [-0.2, -0.15) is 0 Å². The van der Waals surface area contributed by atoms with E-state index in [-0.39, 0.29) is 34.0 Å². The Bertz CT molecular complexity index is 1380. The number of fused-ring (bicyclic) bond motifs is 1. The molecule has 0 aliphatic carbocycles. The summed E-state index contributed by atoms with van der Waals surface area (Å²) in [5.41, 5.74) is 0.207. The van der Waals surface area contributed by atoms with Crippen molar-refractivity contribution in [2.45, 2.75) is 16.6 Å². The molecule has 9 heteroatoms. The van der Waals surface area contributed by atoms with Crippen molar-refractivity contribution in [3.63, 3.8) is 0 Å². The molecule has 0 spiro atoms. The summed E-state index contributed by atoms with van der Waals surface area (Å²) in [6.07, 6.45) is 1.57. The fourth-order valence-corrected chi connectivity index (χ4v) is 4.83. The molecule has 0 N–H and O–H groups in total. The molecule has 2 heterocycles. The quantitative estimate of drug-likeness (QED) is 0.130. The number of hydrogen-bond acceptors (Lipinski definition) is 7. The second-order valence-electron chi connectivity index (χ2n) is 6.48. The molecule has 154 valence electrons. The number of nitrogens with zero attached hydrogens (tertiary/aromatic N) is 3. The Balaban J connectivity index is 1.78. The van der Waals surface area contributed by atoms with Crippen molar-refractivity contribution in [3.8, 4) is 0 Å². The highest BCUT2D eigenvalue weighted by Crippen LogP contribution is 2.35. The zero-order chi connectivity index (χ0) is 22.0. The van der Waals surface area contributed by atoms with Crippen LogP contribution in [0.15, 0.2) is 87.5 Å². The molecule has 31 heavy (non-hydrogen) atoms. The number of hydrogen-bond donors (Lipinski definition) is 0. The second-order valence-corrected chi connectivity index (χ2v) is 8.38. The maximum atomic E-state index is 12.8. The lowest BCUT2D eigenvalue weighted by Gasteiger charge is -2.10. The molecule has 0 amide bonds. The Morgan fingerprint density at radius 3 is 2.68 bits per heavy atom. The highest BCUT2D eigenvalue weighted by Gasteiger charge is 2.22. The fourth-order valence-electron chi connectivity index (χ4n) is 3.04. The van der Waals surface area contributed by atoms with E-state index in [9.17, 15) is 19.7 Å². The summed E-state index contributed by atoms with van der Waals surface area (Å²) in [5.74, 6) is -0.304. The van der Waals surface area contributed by atoms with Crippen LogP contribution in [-0.2, 0) is 6.54 Å². The van der Waals surface area contributed by atoms with Gasteiger partial charge in [0.2, 0.25) is 0 Å². The van der Waals surface area contributed by atoms with Gasteiger partial charge in [0.15, 0.2) is 10.9 Å². The molecule has 2 aromatic carbocycles. The highest BCUT2D eigenvalue weighted by atomic mass is 32.2. The zero-order valence-corrected chi connectivity index (χ0v) is 17.7. The Labute approximate surface area is 184 Å². The molecule has 0 atom stereocenters. The van der Waals surface area contributed by atoms with Crippen molar-refractivity contribution < 1.29 is 9.72 Å². The van der Waals surface area contributed by atoms with Gasteiger partial charge in [-0.1, -0.05) is 36.4 Å². The summed E-state index contributed by atoms with van der Waals surface area (Å²) in [6.45, 7) is 3.90. The fraction of sp³-hybridized carbons (Fsp3) is 0.0455. The maximum Gasteiger partial charge on any atom is 0.284 e. The van der Waals surface area contributed by atoms with Gasteiger partial charge >= 0.3 is 0 Å². The predicted molar refractivity (Wildman–Crippen MR) is 121 cm³/mol. The lowest BCUT2D eigenvalue weighted by Crippen LogP contribution is -2.22. The van der Waals surface area contributed by atoms with E-state index in [1.54, 1.807) is 53.9 Å². The molecule has 4 rings (SSSR count). The third-order valence-corrected chi connectivity index (χ3v) is 6.38. The van der Waals surface area contributed by atoms with E-state index in [0.29, 0.717) is 20.9 Å². The van der Waals surface area contributed by atoms with Crippen LogP contribution in [0.3, 0.4) is 0 Å². The van der Waals surface area contributed by atoms with E-state index >= 15 is 0 Å². The van der Waals surface area contributed by atoms with Crippen molar-refractivity contribution in [1.82, 2.24) is 9.55 Å². The van der Waals surface area contributed by atoms with Gasteiger partial charge in [-0.25, -0.2) is 4.98 Å². The Morgan fingerprint density at radius 2 is 1.97 bits per heavy atom. The number of nitro benzene ring substituents is 1. The van der Waals surface area contributed by atoms with Crippen molar-refractivity contribution in [2.75, 3.05) is 0 Å². The maximum absolute atomic E-state index is 12.8. The van der Waals surface area contributed by atoms with Gasteiger partial charge in [-0.15, -0.1) is 17.9 Å². The number of aromatic nitrogens is 2.